The van der Waals surface area contributed by atoms with Gasteiger partial charge in [0.25, 0.3) is 0 Å². The molecular weight excluding hydrogens is 262 g/mol. The van der Waals surface area contributed by atoms with Crippen LogP contribution in [0.25, 0.3) is 0 Å². The molecule has 108 valence electrons. The van der Waals surface area contributed by atoms with Crippen molar-refractivity contribution >= 4 is 12.1 Å². The zero-order chi connectivity index (χ0) is 14.5. The van der Waals surface area contributed by atoms with Crippen LogP contribution in [0.15, 0.2) is 18.9 Å². The minimum absolute atomic E-state index is 0.159. The molecule has 0 radical (unpaired) electrons. The third-order valence-corrected chi connectivity index (χ3v) is 3.15. The van der Waals surface area contributed by atoms with Gasteiger partial charge in [-0.25, -0.2) is 9.78 Å². The molecule has 0 saturated heterocycles. The lowest BCUT2D eigenvalue weighted by atomic mass is 9.98. The van der Waals surface area contributed by atoms with E-state index >= 15 is 0 Å². The van der Waals surface area contributed by atoms with Gasteiger partial charge in [-0.3, -0.25) is 4.79 Å². The highest BCUT2D eigenvalue weighted by atomic mass is 16.5. The highest BCUT2D eigenvalue weighted by molar-refractivity contribution is 5.70. The van der Waals surface area contributed by atoms with Crippen LogP contribution in [-0.2, 0) is 29.0 Å². The van der Waals surface area contributed by atoms with Crippen LogP contribution in [0.3, 0.4) is 0 Å². The molecule has 1 unspecified atom stereocenters. The van der Waals surface area contributed by atoms with Gasteiger partial charge in [0.1, 0.15) is 12.4 Å². The number of aliphatic carboxylic acids is 1. The standard InChI is InChI=1S/C13H17N3O4/c1-2-5-20-13(19)14-7-10-8-16-4-3-9(12(17)18)6-11(16)15-10/h2,8-9H,1,3-7H2,(H,14,19)(H,17,18). The second-order valence-corrected chi connectivity index (χ2v) is 4.61. The zero-order valence-corrected chi connectivity index (χ0v) is 11.0. The largest absolute Gasteiger partial charge is 0.481 e. The van der Waals surface area contributed by atoms with E-state index in [1.165, 1.54) is 6.08 Å². The lowest BCUT2D eigenvalue weighted by molar-refractivity contribution is -0.142. The predicted molar refractivity (Wildman–Crippen MR) is 70.1 cm³/mol. The SMILES string of the molecule is C=CCOC(=O)NCc1cn2c(n1)CC(C(=O)O)CC2. The van der Waals surface area contributed by atoms with Gasteiger partial charge < -0.3 is 19.7 Å². The molecule has 1 aliphatic rings. The monoisotopic (exact) mass is 279 g/mol. The van der Waals surface area contributed by atoms with Gasteiger partial charge >= 0.3 is 12.1 Å². The van der Waals surface area contributed by atoms with Gasteiger partial charge in [0.2, 0.25) is 0 Å². The minimum atomic E-state index is -0.785. The third kappa shape index (κ3) is 3.37. The maximum atomic E-state index is 11.3. The van der Waals surface area contributed by atoms with Crippen LogP contribution in [0.1, 0.15) is 17.9 Å². The lowest BCUT2D eigenvalue weighted by Gasteiger charge is -2.19. The van der Waals surface area contributed by atoms with E-state index in [9.17, 15) is 9.59 Å². The van der Waals surface area contributed by atoms with E-state index in [1.54, 1.807) is 0 Å². The van der Waals surface area contributed by atoms with E-state index in [0.717, 1.165) is 5.82 Å². The Kier molecular flexibility index (Phi) is 4.39. The number of amides is 1. The first-order chi connectivity index (χ1) is 9.60. The number of imidazole rings is 1. The molecule has 0 bridgehead atoms. The van der Waals surface area contributed by atoms with Gasteiger partial charge in [0, 0.05) is 19.2 Å². The smallest absolute Gasteiger partial charge is 0.407 e. The number of hydrogen-bond donors (Lipinski definition) is 2. The first kappa shape index (κ1) is 14.1. The highest BCUT2D eigenvalue weighted by Crippen LogP contribution is 2.20. The second kappa shape index (κ2) is 6.23. The normalized spacial score (nSPS) is 17.1. The first-order valence-corrected chi connectivity index (χ1v) is 6.39. The summed E-state index contributed by atoms with van der Waals surface area (Å²) in [4.78, 5) is 26.6. The van der Waals surface area contributed by atoms with Gasteiger partial charge in [-0.15, -0.1) is 0 Å². The first-order valence-electron chi connectivity index (χ1n) is 6.39. The molecule has 7 heteroatoms. The number of nitrogens with zero attached hydrogens (tertiary/aromatic N) is 2. The Morgan fingerprint density at radius 2 is 2.45 bits per heavy atom. The summed E-state index contributed by atoms with van der Waals surface area (Å²) in [5.41, 5.74) is 0.696. The molecule has 0 saturated carbocycles. The number of carboxylic acids is 1. The van der Waals surface area contributed by atoms with Crippen molar-refractivity contribution in [2.75, 3.05) is 6.61 Å². The summed E-state index contributed by atoms with van der Waals surface area (Å²) in [6, 6.07) is 0. The summed E-state index contributed by atoms with van der Waals surface area (Å²) >= 11 is 0. The van der Waals surface area contributed by atoms with Crippen LogP contribution in [-0.4, -0.2) is 33.3 Å². The maximum absolute atomic E-state index is 11.3. The number of hydrogen-bond acceptors (Lipinski definition) is 4. The van der Waals surface area contributed by atoms with Crippen LogP contribution in [0.2, 0.25) is 0 Å². The lowest BCUT2D eigenvalue weighted by Crippen LogP contribution is -2.25. The number of alkyl carbamates (subject to hydrolysis) is 1. The summed E-state index contributed by atoms with van der Waals surface area (Å²) in [6.07, 6.45) is 3.82. The van der Waals surface area contributed by atoms with Crippen LogP contribution < -0.4 is 5.32 Å². The number of carboxylic acid groups (broad SMARTS) is 1. The third-order valence-electron chi connectivity index (χ3n) is 3.15. The van der Waals surface area contributed by atoms with Crippen molar-refractivity contribution in [3.63, 3.8) is 0 Å². The number of aryl methyl sites for hydroxylation is 1. The molecule has 2 heterocycles. The molecule has 1 amide bonds. The van der Waals surface area contributed by atoms with Gasteiger partial charge in [0.15, 0.2) is 0 Å². The summed E-state index contributed by atoms with van der Waals surface area (Å²) < 4.78 is 6.72. The van der Waals surface area contributed by atoms with Crippen molar-refractivity contribution in [1.82, 2.24) is 14.9 Å². The van der Waals surface area contributed by atoms with E-state index in [2.05, 4.69) is 16.9 Å². The molecule has 2 N–H and O–H groups in total. The number of rotatable bonds is 5. The molecule has 0 aromatic carbocycles. The van der Waals surface area contributed by atoms with Crippen molar-refractivity contribution in [3.8, 4) is 0 Å². The number of carbonyl (C=O) groups excluding carboxylic acids is 1. The minimum Gasteiger partial charge on any atom is -0.481 e. The van der Waals surface area contributed by atoms with Gasteiger partial charge in [-0.1, -0.05) is 12.7 Å². The Hall–Kier alpha value is -2.31. The Labute approximate surface area is 116 Å². The molecule has 2 rings (SSSR count). The molecule has 0 spiro atoms. The average Bonchev–Trinajstić information content (AvgIpc) is 2.84. The number of aromatic nitrogens is 2. The Morgan fingerprint density at radius 3 is 3.15 bits per heavy atom. The number of nitrogens with one attached hydrogen (secondary N) is 1. The Balaban J connectivity index is 1.91. The highest BCUT2D eigenvalue weighted by Gasteiger charge is 2.25. The van der Waals surface area contributed by atoms with Crippen LogP contribution in [0.5, 0.6) is 0 Å². The van der Waals surface area contributed by atoms with E-state index < -0.39 is 12.1 Å². The summed E-state index contributed by atoms with van der Waals surface area (Å²) in [5, 5.41) is 11.6. The molecule has 1 aromatic heterocycles. The van der Waals surface area contributed by atoms with Crippen LogP contribution in [0.4, 0.5) is 4.79 Å². The molecule has 7 nitrogen and oxygen atoms in total. The van der Waals surface area contributed by atoms with E-state index in [1.807, 2.05) is 10.8 Å². The molecule has 1 aromatic rings. The predicted octanol–water partition coefficient (Wildman–Crippen LogP) is 0.942. The Morgan fingerprint density at radius 1 is 1.65 bits per heavy atom. The van der Waals surface area contributed by atoms with Crippen LogP contribution >= 0.6 is 0 Å². The molecule has 0 aliphatic carbocycles. The summed E-state index contributed by atoms with van der Waals surface area (Å²) in [5.74, 6) is -0.407. The van der Waals surface area contributed by atoms with Crippen molar-refractivity contribution in [2.24, 2.45) is 5.92 Å². The average molecular weight is 279 g/mol. The van der Waals surface area contributed by atoms with Crippen molar-refractivity contribution < 1.29 is 19.4 Å². The van der Waals surface area contributed by atoms with Gasteiger partial charge in [-0.2, -0.15) is 0 Å². The zero-order valence-electron chi connectivity index (χ0n) is 11.0. The molecule has 20 heavy (non-hydrogen) atoms. The fraction of sp³-hybridized carbons (Fsp3) is 0.462. The van der Waals surface area contributed by atoms with E-state index in [0.29, 0.717) is 25.1 Å². The second-order valence-electron chi connectivity index (χ2n) is 4.61. The molecule has 0 fully saturated rings. The van der Waals surface area contributed by atoms with E-state index in [4.69, 9.17) is 9.84 Å². The molecule has 1 aliphatic heterocycles. The van der Waals surface area contributed by atoms with Gasteiger partial charge in [0.05, 0.1) is 18.2 Å². The van der Waals surface area contributed by atoms with Crippen LogP contribution in [0, 0.1) is 5.92 Å². The van der Waals surface area contributed by atoms with Crippen molar-refractivity contribution in [3.05, 3.63) is 30.4 Å². The maximum Gasteiger partial charge on any atom is 0.407 e. The van der Waals surface area contributed by atoms with E-state index in [-0.39, 0.29) is 19.1 Å². The summed E-state index contributed by atoms with van der Waals surface area (Å²) in [6.45, 7) is 4.50. The fourth-order valence-corrected chi connectivity index (χ4v) is 2.13. The van der Waals surface area contributed by atoms with Crippen molar-refractivity contribution in [2.45, 2.75) is 25.9 Å². The van der Waals surface area contributed by atoms with Gasteiger partial charge in [-0.05, 0) is 6.42 Å². The topological polar surface area (TPSA) is 93.5 Å². The quantitative estimate of drug-likeness (QED) is 0.782. The molecule has 1 atom stereocenters. The number of fused-ring (bicyclic) bond motifs is 1. The number of ether oxygens (including phenoxy) is 1. The number of carbonyl (C=O) groups is 2. The molecular formula is C13H17N3O4. The summed E-state index contributed by atoms with van der Waals surface area (Å²) in [7, 11) is 0. The Bertz CT molecular complexity index is 524. The fourth-order valence-electron chi connectivity index (χ4n) is 2.13. The van der Waals surface area contributed by atoms with Crippen molar-refractivity contribution in [1.29, 1.82) is 0 Å².